The lowest BCUT2D eigenvalue weighted by molar-refractivity contribution is -0.113. The molecule has 0 aliphatic rings. The molecule has 2 amide bonds. The van der Waals surface area contributed by atoms with Crippen molar-refractivity contribution in [3.05, 3.63) is 51.2 Å². The number of carbonyl (C=O) groups is 2. The molecule has 0 radical (unpaired) electrons. The first-order valence-corrected chi connectivity index (χ1v) is 9.24. The zero-order valence-corrected chi connectivity index (χ0v) is 15.2. The van der Waals surface area contributed by atoms with E-state index < -0.39 is 0 Å². The molecule has 1 aromatic carbocycles. The van der Waals surface area contributed by atoms with Crippen LogP contribution in [0.3, 0.4) is 0 Å². The topological polar surface area (TPSA) is 49.4 Å². The van der Waals surface area contributed by atoms with Gasteiger partial charge < -0.3 is 10.2 Å². The Labute approximate surface area is 148 Å². The average molecular weight is 369 g/mol. The Morgan fingerprint density at radius 2 is 1.87 bits per heavy atom. The summed E-state index contributed by atoms with van der Waals surface area (Å²) in [7, 11) is 3.41. The highest BCUT2D eigenvalue weighted by molar-refractivity contribution is 7.99. The zero-order chi connectivity index (χ0) is 16.8. The lowest BCUT2D eigenvalue weighted by atomic mass is 10.2. The molecule has 0 aliphatic heterocycles. The zero-order valence-electron chi connectivity index (χ0n) is 12.8. The van der Waals surface area contributed by atoms with Crippen molar-refractivity contribution in [1.29, 1.82) is 0 Å². The van der Waals surface area contributed by atoms with Crippen LogP contribution in [0.4, 0.5) is 5.69 Å². The summed E-state index contributed by atoms with van der Waals surface area (Å²) in [5.74, 6) is 1.01. The normalized spacial score (nSPS) is 10.4. The van der Waals surface area contributed by atoms with E-state index in [1.54, 1.807) is 38.4 Å². The van der Waals surface area contributed by atoms with Crippen LogP contribution in [-0.2, 0) is 10.5 Å². The number of hydrogen-bond donors (Lipinski definition) is 1. The molecule has 0 unspecified atom stereocenters. The van der Waals surface area contributed by atoms with Crippen LogP contribution in [0.15, 0.2) is 36.4 Å². The van der Waals surface area contributed by atoms with Gasteiger partial charge in [-0.1, -0.05) is 11.6 Å². The molecule has 0 spiro atoms. The van der Waals surface area contributed by atoms with Gasteiger partial charge in [-0.15, -0.1) is 23.1 Å². The minimum atomic E-state index is -0.0654. The number of hydrogen-bond acceptors (Lipinski definition) is 4. The fourth-order valence-corrected chi connectivity index (χ4v) is 3.85. The number of anilines is 1. The second-order valence-corrected chi connectivity index (χ2v) is 7.81. The minimum absolute atomic E-state index is 0.0620. The summed E-state index contributed by atoms with van der Waals surface area (Å²) in [4.78, 5) is 26.4. The maximum Gasteiger partial charge on any atom is 0.253 e. The van der Waals surface area contributed by atoms with Crippen molar-refractivity contribution in [2.75, 3.05) is 25.2 Å². The highest BCUT2D eigenvalue weighted by Crippen LogP contribution is 2.25. The number of benzene rings is 1. The summed E-state index contributed by atoms with van der Waals surface area (Å²) < 4.78 is 0.761. The van der Waals surface area contributed by atoms with Gasteiger partial charge in [0.25, 0.3) is 5.91 Å². The average Bonchev–Trinajstić information content (AvgIpc) is 2.92. The van der Waals surface area contributed by atoms with Crippen LogP contribution in [0, 0.1) is 0 Å². The molecule has 1 heterocycles. The second-order valence-electron chi connectivity index (χ2n) is 5.02. The van der Waals surface area contributed by atoms with E-state index in [1.165, 1.54) is 28.0 Å². The molecule has 0 bridgehead atoms. The third-order valence-electron chi connectivity index (χ3n) is 2.93. The van der Waals surface area contributed by atoms with Gasteiger partial charge in [-0.25, -0.2) is 0 Å². The Hall–Kier alpha value is -1.50. The van der Waals surface area contributed by atoms with E-state index in [9.17, 15) is 9.59 Å². The molecule has 4 nitrogen and oxygen atoms in total. The van der Waals surface area contributed by atoms with Crippen molar-refractivity contribution in [2.24, 2.45) is 0 Å². The van der Waals surface area contributed by atoms with Crippen molar-refractivity contribution >= 4 is 52.2 Å². The highest BCUT2D eigenvalue weighted by atomic mass is 35.5. The van der Waals surface area contributed by atoms with Crippen molar-refractivity contribution < 1.29 is 9.59 Å². The molecular weight excluding hydrogens is 352 g/mol. The standard InChI is InChI=1S/C16H17ClN2O2S2/c1-19(2)16(21)11-3-5-12(6-4-11)18-15(20)10-22-9-13-7-8-14(17)23-13/h3-8H,9-10H2,1-2H3,(H,18,20). The quantitative estimate of drug-likeness (QED) is 0.839. The summed E-state index contributed by atoms with van der Waals surface area (Å²) in [6.45, 7) is 0. The maximum absolute atomic E-state index is 11.9. The van der Waals surface area contributed by atoms with E-state index >= 15 is 0 Å². The van der Waals surface area contributed by atoms with Gasteiger partial charge in [-0.2, -0.15) is 0 Å². The van der Waals surface area contributed by atoms with Gasteiger partial charge in [0.05, 0.1) is 10.1 Å². The second kappa shape index (κ2) is 8.38. The third kappa shape index (κ3) is 5.57. The van der Waals surface area contributed by atoms with Crippen molar-refractivity contribution in [3.8, 4) is 0 Å². The Morgan fingerprint density at radius 3 is 2.43 bits per heavy atom. The number of amides is 2. The molecule has 1 aromatic heterocycles. The number of halogens is 1. The first kappa shape index (κ1) is 17.8. The van der Waals surface area contributed by atoms with Crippen LogP contribution in [-0.4, -0.2) is 36.6 Å². The van der Waals surface area contributed by atoms with Gasteiger partial charge in [0.1, 0.15) is 0 Å². The molecule has 0 aliphatic carbocycles. The molecule has 0 atom stereocenters. The van der Waals surface area contributed by atoms with Crippen LogP contribution in [0.5, 0.6) is 0 Å². The fourth-order valence-electron chi connectivity index (χ4n) is 1.83. The van der Waals surface area contributed by atoms with E-state index in [0.717, 1.165) is 15.0 Å². The molecule has 0 saturated carbocycles. The summed E-state index contributed by atoms with van der Waals surface area (Å²) in [5.41, 5.74) is 1.28. The lowest BCUT2D eigenvalue weighted by Crippen LogP contribution is -2.21. The largest absolute Gasteiger partial charge is 0.345 e. The number of nitrogens with one attached hydrogen (secondary N) is 1. The van der Waals surface area contributed by atoms with Gasteiger partial charge in [-0.05, 0) is 36.4 Å². The molecule has 2 aromatic rings. The summed E-state index contributed by atoms with van der Waals surface area (Å²) in [6.07, 6.45) is 0. The Balaban J connectivity index is 1.79. The number of thioether (sulfide) groups is 1. The van der Waals surface area contributed by atoms with Gasteiger partial charge in [-0.3, -0.25) is 9.59 Å². The Kier molecular flexibility index (Phi) is 6.50. The van der Waals surface area contributed by atoms with E-state index in [0.29, 0.717) is 17.0 Å². The van der Waals surface area contributed by atoms with E-state index in [4.69, 9.17) is 11.6 Å². The molecule has 7 heteroatoms. The van der Waals surface area contributed by atoms with Crippen LogP contribution < -0.4 is 5.32 Å². The van der Waals surface area contributed by atoms with E-state index in [-0.39, 0.29) is 11.8 Å². The monoisotopic (exact) mass is 368 g/mol. The van der Waals surface area contributed by atoms with E-state index in [2.05, 4.69) is 5.32 Å². The minimum Gasteiger partial charge on any atom is -0.345 e. The SMILES string of the molecule is CN(C)C(=O)c1ccc(NC(=O)CSCc2ccc(Cl)s2)cc1. The van der Waals surface area contributed by atoms with Crippen molar-refractivity contribution in [1.82, 2.24) is 4.90 Å². The number of nitrogens with zero attached hydrogens (tertiary/aromatic N) is 1. The third-order valence-corrected chi connectivity index (χ3v) is 5.32. The summed E-state index contributed by atoms with van der Waals surface area (Å²) in [5, 5.41) is 2.82. The number of thiophene rings is 1. The van der Waals surface area contributed by atoms with E-state index in [1.807, 2.05) is 12.1 Å². The van der Waals surface area contributed by atoms with Gasteiger partial charge in [0, 0.05) is 36.0 Å². The predicted octanol–water partition coefficient (Wildman–Crippen LogP) is 3.98. The fraction of sp³-hybridized carbons (Fsp3) is 0.250. The van der Waals surface area contributed by atoms with Gasteiger partial charge in [0.15, 0.2) is 0 Å². The Morgan fingerprint density at radius 1 is 1.17 bits per heavy atom. The van der Waals surface area contributed by atoms with Crippen molar-refractivity contribution in [2.45, 2.75) is 5.75 Å². The Bertz CT molecular complexity index is 684. The molecule has 2 rings (SSSR count). The summed E-state index contributed by atoms with van der Waals surface area (Å²) in [6, 6.07) is 10.7. The highest BCUT2D eigenvalue weighted by Gasteiger charge is 2.08. The first-order valence-electron chi connectivity index (χ1n) is 6.89. The first-order chi connectivity index (χ1) is 11.0. The molecule has 1 N–H and O–H groups in total. The number of rotatable bonds is 6. The smallest absolute Gasteiger partial charge is 0.253 e. The molecule has 122 valence electrons. The van der Waals surface area contributed by atoms with Gasteiger partial charge in [0.2, 0.25) is 5.91 Å². The lowest BCUT2D eigenvalue weighted by Gasteiger charge is -2.11. The number of carbonyl (C=O) groups excluding carboxylic acids is 2. The molecule has 23 heavy (non-hydrogen) atoms. The summed E-state index contributed by atoms with van der Waals surface area (Å²) >= 11 is 8.93. The van der Waals surface area contributed by atoms with Gasteiger partial charge >= 0.3 is 0 Å². The molecule has 0 saturated heterocycles. The van der Waals surface area contributed by atoms with Crippen LogP contribution >= 0.6 is 34.7 Å². The molecule has 0 fully saturated rings. The van der Waals surface area contributed by atoms with Crippen LogP contribution in [0.25, 0.3) is 0 Å². The van der Waals surface area contributed by atoms with Crippen LogP contribution in [0.2, 0.25) is 4.34 Å². The van der Waals surface area contributed by atoms with Crippen LogP contribution in [0.1, 0.15) is 15.2 Å². The van der Waals surface area contributed by atoms with Crippen molar-refractivity contribution in [3.63, 3.8) is 0 Å². The predicted molar refractivity (Wildman–Crippen MR) is 98.6 cm³/mol. The maximum atomic E-state index is 11.9. The molecular formula is C16H17ClN2O2S2.